The zero-order chi connectivity index (χ0) is 21.3. The molecule has 0 unspecified atom stereocenters. The number of rotatable bonds is 4. The Labute approximate surface area is 180 Å². The molecular formula is C20H25N3O5S2. The maximum Gasteiger partial charge on any atom is 0.309 e. The van der Waals surface area contributed by atoms with Gasteiger partial charge in [0.15, 0.2) is 15.0 Å². The molecule has 1 amide bonds. The van der Waals surface area contributed by atoms with Gasteiger partial charge in [0, 0.05) is 29.6 Å². The number of benzene rings is 1. The maximum atomic E-state index is 12.8. The highest BCUT2D eigenvalue weighted by atomic mass is 32.2. The average Bonchev–Trinajstić information content (AvgIpc) is 3.21. The van der Waals surface area contributed by atoms with Gasteiger partial charge in [-0.2, -0.15) is 0 Å². The fraction of sp³-hybridized carbons (Fsp3) is 0.550. The minimum Gasteiger partial charge on any atom is -0.466 e. The molecule has 2 atom stereocenters. The van der Waals surface area contributed by atoms with Gasteiger partial charge < -0.3 is 15.0 Å². The summed E-state index contributed by atoms with van der Waals surface area (Å²) in [5.74, 6) is -0.0432. The predicted octanol–water partition coefficient (Wildman–Crippen LogP) is 1.78. The van der Waals surface area contributed by atoms with Crippen molar-refractivity contribution in [3.8, 4) is 0 Å². The first-order chi connectivity index (χ1) is 14.3. The summed E-state index contributed by atoms with van der Waals surface area (Å²) >= 11 is 1.46. The van der Waals surface area contributed by atoms with Gasteiger partial charge >= 0.3 is 5.97 Å². The summed E-state index contributed by atoms with van der Waals surface area (Å²) in [6.45, 7) is 3.26. The van der Waals surface area contributed by atoms with E-state index in [1.54, 1.807) is 24.0 Å². The highest BCUT2D eigenvalue weighted by Crippen LogP contribution is 2.34. The van der Waals surface area contributed by atoms with Gasteiger partial charge in [-0.15, -0.1) is 0 Å². The largest absolute Gasteiger partial charge is 0.466 e. The maximum absolute atomic E-state index is 12.8. The molecule has 0 aromatic heterocycles. The molecule has 1 aromatic carbocycles. The van der Waals surface area contributed by atoms with Gasteiger partial charge in [-0.05, 0) is 44.0 Å². The van der Waals surface area contributed by atoms with Gasteiger partial charge in [0.05, 0.1) is 30.1 Å². The second-order valence-electron chi connectivity index (χ2n) is 7.76. The number of hydrogen-bond acceptors (Lipinski definition) is 8. The smallest absolute Gasteiger partial charge is 0.309 e. The number of carbonyl (C=O) groups is 2. The van der Waals surface area contributed by atoms with E-state index in [2.05, 4.69) is 10.3 Å². The van der Waals surface area contributed by atoms with Crippen LogP contribution in [-0.4, -0.2) is 72.9 Å². The quantitative estimate of drug-likeness (QED) is 0.696. The summed E-state index contributed by atoms with van der Waals surface area (Å²) in [5, 5.41) is 3.93. The fourth-order valence-electron chi connectivity index (χ4n) is 4.00. The molecule has 0 aliphatic carbocycles. The molecule has 162 valence electrons. The fourth-order valence-corrected chi connectivity index (χ4v) is 7.67. The van der Waals surface area contributed by atoms with Crippen molar-refractivity contribution >= 4 is 44.3 Å². The molecule has 0 saturated carbocycles. The molecule has 2 saturated heterocycles. The van der Waals surface area contributed by atoms with Crippen LogP contribution in [0.4, 0.5) is 5.69 Å². The van der Waals surface area contributed by atoms with Crippen molar-refractivity contribution in [1.29, 1.82) is 0 Å². The van der Waals surface area contributed by atoms with Crippen LogP contribution < -0.4 is 5.32 Å². The Hall–Kier alpha value is -2.07. The third kappa shape index (κ3) is 4.64. The summed E-state index contributed by atoms with van der Waals surface area (Å²) < 4.78 is 28.4. The van der Waals surface area contributed by atoms with Crippen LogP contribution in [0.3, 0.4) is 0 Å². The number of amidine groups is 1. The Morgan fingerprint density at radius 2 is 1.90 bits per heavy atom. The summed E-state index contributed by atoms with van der Waals surface area (Å²) in [4.78, 5) is 30.9. The topological polar surface area (TPSA) is 105 Å². The monoisotopic (exact) mass is 451 g/mol. The zero-order valence-corrected chi connectivity index (χ0v) is 18.4. The molecule has 3 heterocycles. The number of hydrogen-bond donors (Lipinski definition) is 1. The number of carbonyl (C=O) groups excluding carboxylic acids is 2. The number of likely N-dealkylation sites (tertiary alicyclic amines) is 1. The zero-order valence-electron chi connectivity index (χ0n) is 16.7. The highest BCUT2D eigenvalue weighted by Gasteiger charge is 2.42. The molecule has 10 heteroatoms. The van der Waals surface area contributed by atoms with Crippen LogP contribution in [0.15, 0.2) is 29.3 Å². The lowest BCUT2D eigenvalue weighted by Crippen LogP contribution is -2.40. The number of esters is 1. The lowest BCUT2D eigenvalue weighted by molar-refractivity contribution is -0.149. The number of nitrogens with zero attached hydrogens (tertiary/aromatic N) is 2. The first-order valence-electron chi connectivity index (χ1n) is 10.1. The van der Waals surface area contributed by atoms with Crippen LogP contribution in [0.1, 0.15) is 30.1 Å². The second kappa shape index (κ2) is 8.58. The molecular weight excluding hydrogens is 426 g/mol. The van der Waals surface area contributed by atoms with Crippen LogP contribution in [0.2, 0.25) is 0 Å². The molecule has 2 fully saturated rings. The number of thioether (sulfide) groups is 1. The van der Waals surface area contributed by atoms with Gasteiger partial charge in [-0.25, -0.2) is 8.42 Å². The number of piperidine rings is 1. The predicted molar refractivity (Wildman–Crippen MR) is 117 cm³/mol. The molecule has 30 heavy (non-hydrogen) atoms. The Morgan fingerprint density at radius 3 is 2.53 bits per heavy atom. The third-order valence-electron chi connectivity index (χ3n) is 5.60. The SMILES string of the molecule is CCOC(=O)C1CCN(C(=O)c2ccc(NC3=N[C@H]4CS(=O)(=O)C[C@@H]4S3)cc2)CC1. The first kappa shape index (κ1) is 21.2. The van der Waals surface area contributed by atoms with Gasteiger partial charge in [0.25, 0.3) is 5.91 Å². The lowest BCUT2D eigenvalue weighted by atomic mass is 9.96. The summed E-state index contributed by atoms with van der Waals surface area (Å²) in [6.07, 6.45) is 1.25. The van der Waals surface area contributed by atoms with E-state index in [0.29, 0.717) is 38.1 Å². The van der Waals surface area contributed by atoms with E-state index in [1.807, 2.05) is 12.1 Å². The Bertz CT molecular complexity index is 953. The van der Waals surface area contributed by atoms with E-state index in [1.165, 1.54) is 11.8 Å². The van der Waals surface area contributed by atoms with Crippen LogP contribution in [0.5, 0.6) is 0 Å². The summed E-state index contributed by atoms with van der Waals surface area (Å²) in [5.41, 5.74) is 1.40. The van der Waals surface area contributed by atoms with Crippen LogP contribution in [0.25, 0.3) is 0 Å². The van der Waals surface area contributed by atoms with Crippen molar-refractivity contribution in [3.63, 3.8) is 0 Å². The van der Waals surface area contributed by atoms with Crippen molar-refractivity contribution in [2.24, 2.45) is 10.9 Å². The van der Waals surface area contributed by atoms with Crippen molar-refractivity contribution in [2.75, 3.05) is 36.5 Å². The minimum absolute atomic E-state index is 0.00381. The summed E-state index contributed by atoms with van der Waals surface area (Å²) in [7, 11) is -2.96. The molecule has 4 rings (SSSR count). The first-order valence-corrected chi connectivity index (χ1v) is 12.8. The van der Waals surface area contributed by atoms with Gasteiger partial charge in [0.1, 0.15) is 0 Å². The van der Waals surface area contributed by atoms with Gasteiger partial charge in [-0.1, -0.05) is 11.8 Å². The van der Waals surface area contributed by atoms with Crippen molar-refractivity contribution in [1.82, 2.24) is 4.90 Å². The second-order valence-corrected chi connectivity index (χ2v) is 11.1. The number of fused-ring (bicyclic) bond motifs is 1. The van der Waals surface area contributed by atoms with E-state index in [9.17, 15) is 18.0 Å². The van der Waals surface area contributed by atoms with Crippen molar-refractivity contribution in [2.45, 2.75) is 31.1 Å². The van der Waals surface area contributed by atoms with Gasteiger partial charge in [0.2, 0.25) is 0 Å². The number of ether oxygens (including phenoxy) is 1. The molecule has 1 N–H and O–H groups in total. The lowest BCUT2D eigenvalue weighted by Gasteiger charge is -2.31. The molecule has 0 bridgehead atoms. The highest BCUT2D eigenvalue weighted by molar-refractivity contribution is 8.15. The average molecular weight is 452 g/mol. The molecule has 0 radical (unpaired) electrons. The van der Waals surface area contributed by atoms with E-state index in [-0.39, 0.29) is 40.6 Å². The van der Waals surface area contributed by atoms with Crippen LogP contribution >= 0.6 is 11.8 Å². The Balaban J connectivity index is 1.31. The van der Waals surface area contributed by atoms with Gasteiger partial charge in [-0.3, -0.25) is 14.6 Å². The molecule has 8 nitrogen and oxygen atoms in total. The number of sulfone groups is 1. The van der Waals surface area contributed by atoms with E-state index in [4.69, 9.17) is 4.74 Å². The normalized spacial score (nSPS) is 25.5. The Morgan fingerprint density at radius 1 is 1.20 bits per heavy atom. The van der Waals surface area contributed by atoms with E-state index in [0.717, 1.165) is 10.9 Å². The van der Waals surface area contributed by atoms with E-state index >= 15 is 0 Å². The number of anilines is 1. The number of aliphatic imine (C=N–C) groups is 1. The van der Waals surface area contributed by atoms with E-state index < -0.39 is 9.84 Å². The van der Waals surface area contributed by atoms with Crippen LogP contribution in [0, 0.1) is 5.92 Å². The standard InChI is InChI=1S/C20H25N3O5S2/c1-2-28-19(25)14-7-9-23(10-8-14)18(24)13-3-5-15(6-4-13)21-20-22-16-11-30(26,27)12-17(16)29-20/h3-6,14,16-17H,2,7-12H2,1H3,(H,21,22)/t16-,17-/m0/s1. The summed E-state index contributed by atoms with van der Waals surface area (Å²) in [6, 6.07) is 7.03. The molecule has 1 aromatic rings. The third-order valence-corrected chi connectivity index (χ3v) is 8.75. The number of amides is 1. The minimum atomic E-state index is -2.96. The Kier molecular flexibility index (Phi) is 6.06. The molecule has 0 spiro atoms. The van der Waals surface area contributed by atoms with Crippen LogP contribution in [-0.2, 0) is 19.4 Å². The molecule has 3 aliphatic heterocycles. The number of nitrogens with one attached hydrogen (secondary N) is 1. The van der Waals surface area contributed by atoms with Crippen molar-refractivity contribution < 1.29 is 22.7 Å². The molecule has 3 aliphatic rings. The van der Waals surface area contributed by atoms with Crippen molar-refractivity contribution in [3.05, 3.63) is 29.8 Å².